The van der Waals surface area contributed by atoms with E-state index in [-0.39, 0.29) is 12.4 Å². The minimum atomic E-state index is 0. The molecule has 0 aliphatic carbocycles. The Kier molecular flexibility index (Phi) is 4.78. The molecule has 0 bridgehead atoms. The summed E-state index contributed by atoms with van der Waals surface area (Å²) in [6.45, 7) is 6.15. The minimum absolute atomic E-state index is 0. The second-order valence-electron chi connectivity index (χ2n) is 7.21. The number of anilines is 1. The van der Waals surface area contributed by atoms with Crippen LogP contribution in [0.2, 0.25) is 0 Å². The first-order valence-electron chi connectivity index (χ1n) is 8.69. The number of benzene rings is 2. The highest BCUT2D eigenvalue weighted by Gasteiger charge is 2.16. The van der Waals surface area contributed by atoms with Gasteiger partial charge >= 0.3 is 0 Å². The van der Waals surface area contributed by atoms with Gasteiger partial charge in [0.15, 0.2) is 5.65 Å². The molecular weight excluding hydrogens is 346 g/mol. The van der Waals surface area contributed by atoms with Crippen molar-refractivity contribution >= 4 is 38.8 Å². The highest BCUT2D eigenvalue weighted by molar-refractivity contribution is 6.07. The molecule has 5 nitrogen and oxygen atoms in total. The minimum Gasteiger partial charge on any atom is -1.00 e. The van der Waals surface area contributed by atoms with Crippen molar-refractivity contribution in [2.24, 2.45) is 0 Å². The summed E-state index contributed by atoms with van der Waals surface area (Å²) in [7, 11) is 4.33. The van der Waals surface area contributed by atoms with Gasteiger partial charge < -0.3 is 27.6 Å². The van der Waals surface area contributed by atoms with E-state index in [0.29, 0.717) is 0 Å². The number of nitrogens with one attached hydrogen (secondary N) is 1. The molecule has 0 saturated carbocycles. The smallest absolute Gasteiger partial charge is 0.160 e. The van der Waals surface area contributed by atoms with E-state index in [0.717, 1.165) is 51.9 Å². The Hall–Kier alpha value is -2.37. The number of nitrogens with zero attached hydrogens (tertiary/aromatic N) is 3. The van der Waals surface area contributed by atoms with E-state index in [4.69, 9.17) is 15.7 Å². The molecule has 2 aromatic carbocycles. The molecule has 2 heterocycles. The largest absolute Gasteiger partial charge is 1.00 e. The molecule has 4 aromatic rings. The molecular formula is C20H24ClN5. The number of aromatic nitrogens is 3. The zero-order chi connectivity index (χ0) is 17.7. The first-order valence-corrected chi connectivity index (χ1v) is 8.69. The van der Waals surface area contributed by atoms with Crippen LogP contribution < -0.4 is 23.0 Å². The van der Waals surface area contributed by atoms with E-state index in [2.05, 4.69) is 50.7 Å². The Bertz CT molecular complexity index is 1110. The molecule has 136 valence electrons. The highest BCUT2D eigenvalue weighted by atomic mass is 35.5. The maximum Gasteiger partial charge on any atom is 0.160 e. The summed E-state index contributed by atoms with van der Waals surface area (Å²) in [5.41, 5.74) is 14.2. The fourth-order valence-corrected chi connectivity index (χ4v) is 3.33. The predicted octanol–water partition coefficient (Wildman–Crippen LogP) is -0.915. The van der Waals surface area contributed by atoms with Crippen molar-refractivity contribution in [3.8, 4) is 0 Å². The van der Waals surface area contributed by atoms with E-state index < -0.39 is 0 Å². The molecule has 2 aromatic heterocycles. The fraction of sp³-hybridized carbons (Fsp3) is 0.300. The van der Waals surface area contributed by atoms with Gasteiger partial charge in [0, 0.05) is 11.1 Å². The number of nitrogens with two attached hydrogens (primary N) is 1. The Morgan fingerprint density at radius 2 is 1.65 bits per heavy atom. The van der Waals surface area contributed by atoms with Crippen molar-refractivity contribution in [1.29, 1.82) is 0 Å². The van der Waals surface area contributed by atoms with Crippen LogP contribution in [0.1, 0.15) is 11.1 Å². The van der Waals surface area contributed by atoms with Gasteiger partial charge in [0.05, 0.1) is 43.7 Å². The molecule has 0 amide bonds. The number of fused-ring (bicyclic) bond motifs is 4. The Balaban J connectivity index is 0.00000196. The van der Waals surface area contributed by atoms with Crippen molar-refractivity contribution in [2.75, 3.05) is 26.4 Å². The molecule has 0 aliphatic rings. The van der Waals surface area contributed by atoms with Crippen LogP contribution in [-0.2, 0) is 6.54 Å². The first-order chi connectivity index (χ1) is 11.9. The van der Waals surface area contributed by atoms with E-state index in [1.54, 1.807) is 0 Å². The van der Waals surface area contributed by atoms with E-state index in [1.165, 1.54) is 16.0 Å². The van der Waals surface area contributed by atoms with E-state index >= 15 is 0 Å². The topological polar surface area (TPSA) is 61.2 Å². The maximum absolute atomic E-state index is 6.04. The van der Waals surface area contributed by atoms with Gasteiger partial charge in [-0.1, -0.05) is 0 Å². The lowest BCUT2D eigenvalue weighted by Crippen LogP contribution is -3.06. The van der Waals surface area contributed by atoms with Gasteiger partial charge in [-0.05, 0) is 55.3 Å². The number of hydrogen-bond acceptors (Lipinski definition) is 3. The van der Waals surface area contributed by atoms with Gasteiger partial charge in [-0.25, -0.2) is 9.97 Å². The summed E-state index contributed by atoms with van der Waals surface area (Å²) in [5.74, 6) is 0. The SMILES string of the molecule is Cc1cc2nc3c4cc(N)ccc4n(CC[NH+](C)C)c3nc2cc1C.[Cl-]. The molecule has 0 radical (unpaired) electrons. The summed E-state index contributed by atoms with van der Waals surface area (Å²) < 4.78 is 2.28. The average molecular weight is 370 g/mol. The average Bonchev–Trinajstić information content (AvgIpc) is 2.84. The quantitative estimate of drug-likeness (QED) is 0.459. The molecule has 0 fully saturated rings. The Labute approximate surface area is 159 Å². The van der Waals surface area contributed by atoms with Gasteiger partial charge in [0.25, 0.3) is 0 Å². The number of halogens is 1. The molecule has 6 heteroatoms. The number of quaternary nitrogens is 1. The Morgan fingerprint density at radius 3 is 2.31 bits per heavy atom. The lowest BCUT2D eigenvalue weighted by Gasteiger charge is -2.10. The predicted molar refractivity (Wildman–Crippen MR) is 104 cm³/mol. The van der Waals surface area contributed by atoms with Crippen LogP contribution in [0.25, 0.3) is 33.1 Å². The second kappa shape index (κ2) is 6.74. The zero-order valence-electron chi connectivity index (χ0n) is 15.6. The van der Waals surface area contributed by atoms with E-state index in [1.807, 2.05) is 12.1 Å². The van der Waals surface area contributed by atoms with Crippen molar-refractivity contribution in [2.45, 2.75) is 20.4 Å². The molecule has 26 heavy (non-hydrogen) atoms. The van der Waals surface area contributed by atoms with Gasteiger partial charge in [0.2, 0.25) is 0 Å². The normalized spacial score (nSPS) is 11.6. The van der Waals surface area contributed by atoms with Crippen LogP contribution in [0, 0.1) is 13.8 Å². The van der Waals surface area contributed by atoms with E-state index in [9.17, 15) is 0 Å². The highest BCUT2D eigenvalue weighted by Crippen LogP contribution is 2.30. The Morgan fingerprint density at radius 1 is 1.00 bits per heavy atom. The summed E-state index contributed by atoms with van der Waals surface area (Å²) in [4.78, 5) is 11.3. The number of likely N-dealkylation sites (N-methyl/N-ethyl adjacent to an activating group) is 1. The number of nitrogen functional groups attached to an aromatic ring is 1. The van der Waals surface area contributed by atoms with Crippen LogP contribution in [0.15, 0.2) is 30.3 Å². The fourth-order valence-electron chi connectivity index (χ4n) is 3.33. The molecule has 0 unspecified atom stereocenters. The number of hydrogen-bond donors (Lipinski definition) is 2. The van der Waals surface area contributed by atoms with Gasteiger partial charge in [-0.2, -0.15) is 0 Å². The van der Waals surface area contributed by atoms with Crippen molar-refractivity contribution in [3.05, 3.63) is 41.5 Å². The van der Waals surface area contributed by atoms with Crippen LogP contribution in [0.5, 0.6) is 0 Å². The lowest BCUT2D eigenvalue weighted by atomic mass is 10.1. The third-order valence-corrected chi connectivity index (χ3v) is 4.92. The monoisotopic (exact) mass is 369 g/mol. The molecule has 3 N–H and O–H groups in total. The summed E-state index contributed by atoms with van der Waals surface area (Å²) in [6.07, 6.45) is 0. The second-order valence-corrected chi connectivity index (χ2v) is 7.21. The summed E-state index contributed by atoms with van der Waals surface area (Å²) in [6, 6.07) is 10.3. The molecule has 0 spiro atoms. The van der Waals surface area contributed by atoms with Gasteiger partial charge in [-0.3, -0.25) is 0 Å². The standard InChI is InChI=1S/C20H23N5.ClH/c1-12-9-16-17(10-13(12)2)23-20-19(22-16)15-11-14(21)5-6-18(15)25(20)8-7-24(3)4;/h5-6,9-11H,7-8,21H2,1-4H3;1H. The molecule has 0 atom stereocenters. The third-order valence-electron chi connectivity index (χ3n) is 4.92. The van der Waals surface area contributed by atoms with Crippen LogP contribution >= 0.6 is 0 Å². The third kappa shape index (κ3) is 2.97. The first kappa shape index (κ1) is 18.4. The van der Waals surface area contributed by atoms with Crippen LogP contribution in [0.3, 0.4) is 0 Å². The van der Waals surface area contributed by atoms with Crippen molar-refractivity contribution in [1.82, 2.24) is 14.5 Å². The molecule has 4 rings (SSSR count). The molecule has 0 saturated heterocycles. The number of rotatable bonds is 3. The van der Waals surface area contributed by atoms with Crippen molar-refractivity contribution in [3.63, 3.8) is 0 Å². The van der Waals surface area contributed by atoms with Crippen LogP contribution in [-0.4, -0.2) is 35.2 Å². The van der Waals surface area contributed by atoms with Crippen LogP contribution in [0.4, 0.5) is 5.69 Å². The number of aryl methyl sites for hydroxylation is 2. The summed E-state index contributed by atoms with van der Waals surface area (Å²) >= 11 is 0. The van der Waals surface area contributed by atoms with Gasteiger partial charge in [-0.15, -0.1) is 0 Å². The summed E-state index contributed by atoms with van der Waals surface area (Å²) in [5, 5.41) is 1.08. The van der Waals surface area contributed by atoms with Gasteiger partial charge in [0.1, 0.15) is 5.52 Å². The zero-order valence-corrected chi connectivity index (χ0v) is 16.4. The molecule has 0 aliphatic heterocycles. The van der Waals surface area contributed by atoms with Crippen molar-refractivity contribution < 1.29 is 17.3 Å². The maximum atomic E-state index is 6.04. The lowest BCUT2D eigenvalue weighted by molar-refractivity contribution is -0.858.